The van der Waals surface area contributed by atoms with Crippen molar-refractivity contribution < 1.29 is 9.32 Å². The minimum Gasteiger partial charge on any atom is -0.345 e. The lowest BCUT2D eigenvalue weighted by atomic mass is 10.3. The normalized spacial score (nSPS) is 8.80. The summed E-state index contributed by atoms with van der Waals surface area (Å²) in [6.45, 7) is 1.36. The van der Waals surface area contributed by atoms with Crippen LogP contribution in [0.25, 0.3) is 0 Å². The summed E-state index contributed by atoms with van der Waals surface area (Å²) in [6.07, 6.45) is 0. The molecule has 0 fully saturated rings. The highest BCUT2D eigenvalue weighted by Crippen LogP contribution is 2.01. The second kappa shape index (κ2) is 2.31. The van der Waals surface area contributed by atoms with Gasteiger partial charge in [-0.05, 0) is 0 Å². The van der Waals surface area contributed by atoms with Gasteiger partial charge in [0.2, 0.25) is 5.76 Å². The number of carbonyl (C=O) groups is 1. The van der Waals surface area contributed by atoms with E-state index in [-0.39, 0.29) is 17.2 Å². The number of Topliss-reactive ketones (excluding diaryl/α,β-unsaturated/α-hetero) is 1. The van der Waals surface area contributed by atoms with Gasteiger partial charge in [-0.2, -0.15) is 5.26 Å². The third-order valence-corrected chi connectivity index (χ3v) is 0.981. The molecule has 1 aromatic rings. The van der Waals surface area contributed by atoms with Crippen LogP contribution in [0, 0.1) is 11.3 Å². The minimum absolute atomic E-state index is 0.0604. The highest BCUT2D eigenvalue weighted by molar-refractivity contribution is 5.92. The summed E-state index contributed by atoms with van der Waals surface area (Å²) in [7, 11) is 0. The number of rotatable bonds is 1. The van der Waals surface area contributed by atoms with Crippen molar-refractivity contribution in [3.05, 3.63) is 17.5 Å². The lowest BCUT2D eigenvalue weighted by Gasteiger charge is -1.76. The second-order valence-corrected chi connectivity index (χ2v) is 1.74. The first-order valence-corrected chi connectivity index (χ1v) is 2.62. The van der Waals surface area contributed by atoms with Crippen LogP contribution in [0.2, 0.25) is 0 Å². The quantitative estimate of drug-likeness (QED) is 0.534. The third-order valence-electron chi connectivity index (χ3n) is 0.981. The summed E-state index contributed by atoms with van der Waals surface area (Å²) in [4.78, 5) is 10.5. The van der Waals surface area contributed by atoms with Crippen LogP contribution >= 0.6 is 0 Å². The first-order chi connectivity index (χ1) is 4.74. The topological polar surface area (TPSA) is 66.9 Å². The Balaban J connectivity index is 3.02. The van der Waals surface area contributed by atoms with E-state index in [1.807, 2.05) is 0 Å². The predicted molar refractivity (Wildman–Crippen MR) is 31.2 cm³/mol. The third kappa shape index (κ3) is 1.03. The van der Waals surface area contributed by atoms with Crippen molar-refractivity contribution in [3.63, 3.8) is 0 Å². The number of nitriles is 1. The Morgan fingerprint density at radius 3 is 2.90 bits per heavy atom. The molecule has 4 nitrogen and oxygen atoms in total. The summed E-state index contributed by atoms with van der Waals surface area (Å²) in [6, 6.07) is 3.03. The van der Waals surface area contributed by atoms with Gasteiger partial charge in [-0.15, -0.1) is 0 Å². The standard InChI is InChI=1S/C6H4N2O2/c1-4(9)6-2-5(3-7)10-8-6/h2H,1H3. The van der Waals surface area contributed by atoms with Gasteiger partial charge < -0.3 is 4.52 Å². The van der Waals surface area contributed by atoms with Gasteiger partial charge in [-0.25, -0.2) is 0 Å². The first kappa shape index (κ1) is 6.49. The molecule has 0 aliphatic carbocycles. The number of ketones is 1. The maximum atomic E-state index is 10.5. The fourth-order valence-electron chi connectivity index (χ4n) is 0.494. The molecule has 0 saturated heterocycles. The molecule has 1 heterocycles. The molecule has 0 aliphatic heterocycles. The molecule has 0 bridgehead atoms. The van der Waals surface area contributed by atoms with E-state index in [9.17, 15) is 4.79 Å². The largest absolute Gasteiger partial charge is 0.345 e. The zero-order valence-corrected chi connectivity index (χ0v) is 5.29. The fraction of sp³-hybridized carbons (Fsp3) is 0.167. The zero-order chi connectivity index (χ0) is 7.56. The average molecular weight is 136 g/mol. The van der Waals surface area contributed by atoms with Gasteiger partial charge >= 0.3 is 0 Å². The molecule has 0 unspecified atom stereocenters. The predicted octanol–water partition coefficient (Wildman–Crippen LogP) is 0.749. The Labute approximate surface area is 57.0 Å². The molecular formula is C6H4N2O2. The molecule has 0 radical (unpaired) electrons. The van der Waals surface area contributed by atoms with E-state index in [1.54, 1.807) is 6.07 Å². The molecule has 0 aliphatic rings. The molecule has 0 spiro atoms. The molecule has 0 atom stereocenters. The lowest BCUT2D eigenvalue weighted by molar-refractivity contribution is 0.100. The molecule has 50 valence electrons. The summed E-state index contributed by atoms with van der Waals surface area (Å²) in [5, 5.41) is 11.6. The maximum Gasteiger partial charge on any atom is 0.236 e. The van der Waals surface area contributed by atoms with Gasteiger partial charge in [0.1, 0.15) is 6.07 Å². The highest BCUT2D eigenvalue weighted by atomic mass is 16.5. The van der Waals surface area contributed by atoms with Gasteiger partial charge in [-0.1, -0.05) is 5.16 Å². The van der Waals surface area contributed by atoms with Crippen molar-refractivity contribution in [3.8, 4) is 6.07 Å². The number of nitrogens with zero attached hydrogens (tertiary/aromatic N) is 2. The smallest absolute Gasteiger partial charge is 0.236 e. The van der Waals surface area contributed by atoms with Gasteiger partial charge in [0.15, 0.2) is 11.5 Å². The Morgan fingerprint density at radius 2 is 2.60 bits per heavy atom. The zero-order valence-electron chi connectivity index (χ0n) is 5.29. The molecule has 0 N–H and O–H groups in total. The van der Waals surface area contributed by atoms with Crippen LogP contribution in [-0.4, -0.2) is 10.9 Å². The van der Waals surface area contributed by atoms with E-state index < -0.39 is 0 Å². The number of carbonyl (C=O) groups excluding carboxylic acids is 1. The molecular weight excluding hydrogens is 132 g/mol. The van der Waals surface area contributed by atoms with Crippen LogP contribution in [0.4, 0.5) is 0 Å². The van der Waals surface area contributed by atoms with E-state index in [2.05, 4.69) is 9.68 Å². The first-order valence-electron chi connectivity index (χ1n) is 2.62. The molecule has 0 aromatic carbocycles. The maximum absolute atomic E-state index is 10.5. The van der Waals surface area contributed by atoms with E-state index in [0.29, 0.717) is 0 Å². The Hall–Kier alpha value is -1.63. The monoisotopic (exact) mass is 136 g/mol. The lowest BCUT2D eigenvalue weighted by Crippen LogP contribution is -1.89. The average Bonchev–Trinajstić information content (AvgIpc) is 2.34. The molecule has 10 heavy (non-hydrogen) atoms. The Kier molecular flexibility index (Phi) is 1.50. The Bertz CT molecular complexity index is 295. The molecule has 1 aromatic heterocycles. The number of aromatic nitrogens is 1. The van der Waals surface area contributed by atoms with Gasteiger partial charge in [-0.3, -0.25) is 4.79 Å². The van der Waals surface area contributed by atoms with E-state index in [0.717, 1.165) is 0 Å². The van der Waals surface area contributed by atoms with Crippen molar-refractivity contribution in [2.24, 2.45) is 0 Å². The van der Waals surface area contributed by atoms with Gasteiger partial charge in [0.05, 0.1) is 0 Å². The summed E-state index contributed by atoms with van der Waals surface area (Å²) in [5.41, 5.74) is 0.191. The second-order valence-electron chi connectivity index (χ2n) is 1.74. The van der Waals surface area contributed by atoms with Crippen LogP contribution in [0.15, 0.2) is 10.6 Å². The fourth-order valence-corrected chi connectivity index (χ4v) is 0.494. The molecule has 1 rings (SSSR count). The number of hydrogen-bond donors (Lipinski definition) is 0. The van der Waals surface area contributed by atoms with Crippen molar-refractivity contribution in [1.82, 2.24) is 5.16 Å². The molecule has 0 saturated carbocycles. The number of hydrogen-bond acceptors (Lipinski definition) is 4. The van der Waals surface area contributed by atoms with Crippen molar-refractivity contribution in [2.45, 2.75) is 6.92 Å². The van der Waals surface area contributed by atoms with Crippen molar-refractivity contribution in [1.29, 1.82) is 5.26 Å². The minimum atomic E-state index is -0.203. The van der Waals surface area contributed by atoms with E-state index in [4.69, 9.17) is 5.26 Å². The van der Waals surface area contributed by atoms with Crippen LogP contribution in [-0.2, 0) is 0 Å². The van der Waals surface area contributed by atoms with Crippen molar-refractivity contribution in [2.75, 3.05) is 0 Å². The van der Waals surface area contributed by atoms with E-state index in [1.165, 1.54) is 13.0 Å². The van der Waals surface area contributed by atoms with Crippen LogP contribution in [0.3, 0.4) is 0 Å². The summed E-state index contributed by atoms with van der Waals surface area (Å²) in [5.74, 6) is -0.143. The van der Waals surface area contributed by atoms with Crippen molar-refractivity contribution >= 4 is 5.78 Å². The molecule has 0 amide bonds. The SMILES string of the molecule is CC(=O)c1cc(C#N)on1. The summed E-state index contributed by atoms with van der Waals surface area (Å²) >= 11 is 0. The van der Waals surface area contributed by atoms with E-state index >= 15 is 0 Å². The Morgan fingerprint density at radius 1 is 1.90 bits per heavy atom. The molecule has 4 heteroatoms. The van der Waals surface area contributed by atoms with Crippen LogP contribution < -0.4 is 0 Å². The highest BCUT2D eigenvalue weighted by Gasteiger charge is 2.05. The summed E-state index contributed by atoms with van der Waals surface area (Å²) < 4.78 is 4.44. The van der Waals surface area contributed by atoms with Gasteiger partial charge in [0, 0.05) is 13.0 Å². The van der Waals surface area contributed by atoms with Gasteiger partial charge in [0.25, 0.3) is 0 Å². The van der Waals surface area contributed by atoms with Crippen LogP contribution in [0.1, 0.15) is 23.2 Å². The van der Waals surface area contributed by atoms with Crippen LogP contribution in [0.5, 0.6) is 0 Å².